The standard InChI is InChI=1S/C18H18ClN3O4/c1-12-2-3-13(10-17(12)22(24)25)18(23)20-14-4-5-16(15(19)11-14)21-6-8-26-9-7-21/h2-5,10-11H,6-9H2,1H3,(H,20,23). The number of nitrogens with one attached hydrogen (secondary N) is 1. The molecule has 7 nitrogen and oxygen atoms in total. The summed E-state index contributed by atoms with van der Waals surface area (Å²) in [4.78, 5) is 25.1. The van der Waals surface area contributed by atoms with Crippen molar-refractivity contribution in [2.45, 2.75) is 6.92 Å². The SMILES string of the molecule is Cc1ccc(C(=O)Nc2ccc(N3CCOCC3)c(Cl)c2)cc1[N+](=O)[O-]. The van der Waals surface area contributed by atoms with Crippen molar-refractivity contribution in [1.82, 2.24) is 0 Å². The van der Waals surface area contributed by atoms with Gasteiger partial charge in [-0.25, -0.2) is 0 Å². The number of morpholine rings is 1. The van der Waals surface area contributed by atoms with Crippen molar-refractivity contribution in [2.75, 3.05) is 36.5 Å². The van der Waals surface area contributed by atoms with Gasteiger partial charge >= 0.3 is 0 Å². The first-order valence-corrected chi connectivity index (χ1v) is 8.52. The summed E-state index contributed by atoms with van der Waals surface area (Å²) in [5.74, 6) is -0.428. The Morgan fingerprint density at radius 3 is 2.62 bits per heavy atom. The molecule has 0 bridgehead atoms. The maximum Gasteiger partial charge on any atom is 0.273 e. The average Bonchev–Trinajstić information content (AvgIpc) is 2.62. The molecule has 1 saturated heterocycles. The molecule has 26 heavy (non-hydrogen) atoms. The van der Waals surface area contributed by atoms with Gasteiger partial charge in [-0.15, -0.1) is 0 Å². The number of halogens is 1. The number of carbonyl (C=O) groups excluding carboxylic acids is 1. The van der Waals surface area contributed by atoms with Gasteiger partial charge < -0.3 is 15.0 Å². The molecule has 3 rings (SSSR count). The van der Waals surface area contributed by atoms with Gasteiger partial charge in [0.25, 0.3) is 11.6 Å². The van der Waals surface area contributed by atoms with Crippen LogP contribution in [0.3, 0.4) is 0 Å². The number of hydrogen-bond acceptors (Lipinski definition) is 5. The van der Waals surface area contributed by atoms with Crippen LogP contribution in [0.1, 0.15) is 15.9 Å². The maximum atomic E-state index is 12.4. The van der Waals surface area contributed by atoms with E-state index in [1.807, 2.05) is 6.07 Å². The second-order valence-electron chi connectivity index (χ2n) is 5.98. The molecule has 0 aromatic heterocycles. The van der Waals surface area contributed by atoms with E-state index < -0.39 is 10.8 Å². The lowest BCUT2D eigenvalue weighted by Crippen LogP contribution is -2.36. The Bertz CT molecular complexity index is 850. The molecule has 1 aliphatic rings. The zero-order chi connectivity index (χ0) is 18.7. The van der Waals surface area contributed by atoms with Crippen LogP contribution < -0.4 is 10.2 Å². The summed E-state index contributed by atoms with van der Waals surface area (Å²) in [5.41, 5.74) is 2.05. The van der Waals surface area contributed by atoms with Crippen LogP contribution in [0.5, 0.6) is 0 Å². The third-order valence-corrected chi connectivity index (χ3v) is 4.53. The molecular formula is C18H18ClN3O4. The van der Waals surface area contributed by atoms with Gasteiger partial charge in [0, 0.05) is 36.0 Å². The fourth-order valence-electron chi connectivity index (χ4n) is 2.80. The van der Waals surface area contributed by atoms with E-state index in [0.29, 0.717) is 29.5 Å². The molecule has 1 aliphatic heterocycles. The lowest BCUT2D eigenvalue weighted by Gasteiger charge is -2.29. The van der Waals surface area contributed by atoms with E-state index in [9.17, 15) is 14.9 Å². The molecule has 1 amide bonds. The number of nitro benzene ring substituents is 1. The van der Waals surface area contributed by atoms with Crippen molar-refractivity contribution < 1.29 is 14.5 Å². The number of ether oxygens (including phenoxy) is 1. The van der Waals surface area contributed by atoms with E-state index in [0.717, 1.165) is 18.8 Å². The molecule has 0 aliphatic carbocycles. The Morgan fingerprint density at radius 1 is 1.23 bits per heavy atom. The van der Waals surface area contributed by atoms with E-state index in [2.05, 4.69) is 10.2 Å². The average molecular weight is 376 g/mol. The molecule has 1 N–H and O–H groups in total. The van der Waals surface area contributed by atoms with Crippen molar-refractivity contribution in [3.05, 3.63) is 62.7 Å². The van der Waals surface area contributed by atoms with Crippen molar-refractivity contribution in [1.29, 1.82) is 0 Å². The van der Waals surface area contributed by atoms with Gasteiger partial charge in [0.15, 0.2) is 0 Å². The summed E-state index contributed by atoms with van der Waals surface area (Å²) >= 11 is 6.36. The van der Waals surface area contributed by atoms with Crippen molar-refractivity contribution in [3.8, 4) is 0 Å². The summed E-state index contributed by atoms with van der Waals surface area (Å²) in [5, 5.41) is 14.3. The van der Waals surface area contributed by atoms with Gasteiger partial charge in [0.1, 0.15) is 0 Å². The van der Waals surface area contributed by atoms with Crippen LogP contribution in [0.4, 0.5) is 17.1 Å². The number of nitrogens with zero attached hydrogens (tertiary/aromatic N) is 2. The van der Waals surface area contributed by atoms with Crippen LogP contribution in [0.25, 0.3) is 0 Å². The molecule has 1 heterocycles. The number of carbonyl (C=O) groups is 1. The number of benzene rings is 2. The number of amides is 1. The Labute approximate surface area is 155 Å². The number of anilines is 2. The lowest BCUT2D eigenvalue weighted by molar-refractivity contribution is -0.385. The molecule has 2 aromatic rings. The monoisotopic (exact) mass is 375 g/mol. The predicted molar refractivity (Wildman–Crippen MR) is 100 cm³/mol. The molecule has 0 radical (unpaired) electrons. The van der Waals surface area contributed by atoms with Gasteiger partial charge in [-0.1, -0.05) is 17.7 Å². The minimum atomic E-state index is -0.500. The summed E-state index contributed by atoms with van der Waals surface area (Å²) in [7, 11) is 0. The fourth-order valence-corrected chi connectivity index (χ4v) is 3.10. The Kier molecular flexibility index (Phi) is 5.39. The minimum Gasteiger partial charge on any atom is -0.378 e. The highest BCUT2D eigenvalue weighted by molar-refractivity contribution is 6.33. The molecule has 0 spiro atoms. The molecule has 0 saturated carbocycles. The minimum absolute atomic E-state index is 0.0849. The number of rotatable bonds is 4. The quantitative estimate of drug-likeness (QED) is 0.651. The highest BCUT2D eigenvalue weighted by atomic mass is 35.5. The first-order valence-electron chi connectivity index (χ1n) is 8.14. The van der Waals surface area contributed by atoms with Crippen LogP contribution in [-0.2, 0) is 4.74 Å². The van der Waals surface area contributed by atoms with E-state index in [1.165, 1.54) is 6.07 Å². The summed E-state index contributed by atoms with van der Waals surface area (Å²) in [6.07, 6.45) is 0. The van der Waals surface area contributed by atoms with Crippen LogP contribution in [0.2, 0.25) is 5.02 Å². The Hall–Kier alpha value is -2.64. The molecule has 8 heteroatoms. The van der Waals surface area contributed by atoms with Crippen molar-refractivity contribution in [3.63, 3.8) is 0 Å². The molecular weight excluding hydrogens is 358 g/mol. The zero-order valence-electron chi connectivity index (χ0n) is 14.2. The fraction of sp³-hybridized carbons (Fsp3) is 0.278. The number of nitro groups is 1. The molecule has 2 aromatic carbocycles. The predicted octanol–water partition coefficient (Wildman–Crippen LogP) is 3.65. The van der Waals surface area contributed by atoms with Crippen molar-refractivity contribution in [2.24, 2.45) is 0 Å². The molecule has 0 unspecified atom stereocenters. The Balaban J connectivity index is 1.76. The molecule has 0 atom stereocenters. The van der Waals surface area contributed by atoms with E-state index >= 15 is 0 Å². The van der Waals surface area contributed by atoms with Crippen LogP contribution in [0, 0.1) is 17.0 Å². The maximum absolute atomic E-state index is 12.4. The first-order chi connectivity index (χ1) is 12.5. The van der Waals surface area contributed by atoms with Crippen LogP contribution in [-0.4, -0.2) is 37.1 Å². The zero-order valence-corrected chi connectivity index (χ0v) is 15.0. The normalized spacial score (nSPS) is 14.2. The highest BCUT2D eigenvalue weighted by Gasteiger charge is 2.17. The summed E-state index contributed by atoms with van der Waals surface area (Å²) in [6.45, 7) is 4.46. The Morgan fingerprint density at radius 2 is 1.96 bits per heavy atom. The van der Waals surface area contributed by atoms with Gasteiger partial charge in [-0.3, -0.25) is 14.9 Å². The van der Waals surface area contributed by atoms with Crippen LogP contribution in [0.15, 0.2) is 36.4 Å². The highest BCUT2D eigenvalue weighted by Crippen LogP contribution is 2.30. The van der Waals surface area contributed by atoms with Gasteiger partial charge in [0.2, 0.25) is 0 Å². The van der Waals surface area contributed by atoms with Gasteiger partial charge in [0.05, 0.1) is 28.8 Å². The van der Waals surface area contributed by atoms with E-state index in [1.54, 1.807) is 31.2 Å². The van der Waals surface area contributed by atoms with E-state index in [-0.39, 0.29) is 11.3 Å². The summed E-state index contributed by atoms with van der Waals surface area (Å²) < 4.78 is 5.33. The molecule has 1 fully saturated rings. The first kappa shape index (κ1) is 18.2. The van der Waals surface area contributed by atoms with E-state index in [4.69, 9.17) is 16.3 Å². The van der Waals surface area contributed by atoms with Crippen LogP contribution >= 0.6 is 11.6 Å². The second kappa shape index (κ2) is 7.72. The van der Waals surface area contributed by atoms with Gasteiger partial charge in [-0.2, -0.15) is 0 Å². The third-order valence-electron chi connectivity index (χ3n) is 4.23. The number of aryl methyl sites for hydroxylation is 1. The largest absolute Gasteiger partial charge is 0.378 e. The second-order valence-corrected chi connectivity index (χ2v) is 6.39. The molecule has 136 valence electrons. The van der Waals surface area contributed by atoms with Crippen molar-refractivity contribution >= 4 is 34.6 Å². The topological polar surface area (TPSA) is 84.7 Å². The third kappa shape index (κ3) is 3.95. The smallest absolute Gasteiger partial charge is 0.273 e. The lowest BCUT2D eigenvalue weighted by atomic mass is 10.1. The number of hydrogen-bond donors (Lipinski definition) is 1. The van der Waals surface area contributed by atoms with Gasteiger partial charge in [-0.05, 0) is 31.2 Å². The summed E-state index contributed by atoms with van der Waals surface area (Å²) in [6, 6.07) is 9.67.